The Morgan fingerprint density at radius 3 is 0.990 bits per heavy atom. The molecule has 0 aliphatic heterocycles. The summed E-state index contributed by atoms with van der Waals surface area (Å²) >= 11 is 0. The minimum atomic E-state index is -0.745. The molecule has 16 nitrogen and oxygen atoms in total. The molecule has 0 heterocycles. The molecule has 103 heavy (non-hydrogen) atoms. The second-order valence-corrected chi connectivity index (χ2v) is 22.4. The maximum absolute atomic E-state index is 10.4. The number of carbonyl (C=O) groups excluding carboxylic acids is 2. The van der Waals surface area contributed by atoms with Crippen molar-refractivity contribution in [3.63, 3.8) is 0 Å². The van der Waals surface area contributed by atoms with Crippen LogP contribution in [0.5, 0.6) is 0 Å². The van der Waals surface area contributed by atoms with E-state index in [2.05, 4.69) is 167 Å². The molecule has 0 bridgehead atoms. The Kier molecular flexibility index (Phi) is 217. The number of rotatable bonds is 27. The van der Waals surface area contributed by atoms with Crippen molar-refractivity contribution in [3.8, 4) is 12.3 Å². The smallest absolute Gasteiger partial charge is 0.303 e. The van der Waals surface area contributed by atoms with Crippen LogP contribution in [-0.4, -0.2) is 182 Å². The Hall–Kier alpha value is -5.03. The number of benzene rings is 2. The number of nitrogens with zero attached hydrogens (tertiary/aromatic N) is 3. The first-order valence-electron chi connectivity index (χ1n) is 37.6. The van der Waals surface area contributed by atoms with Gasteiger partial charge in [-0.25, -0.2) is 0 Å². The number of methoxy groups -OCH3 is 5. The number of carboxylic acids is 1. The monoisotopic (exact) mass is 1470 g/mol. The van der Waals surface area contributed by atoms with E-state index in [1.165, 1.54) is 113 Å². The van der Waals surface area contributed by atoms with Crippen molar-refractivity contribution in [3.05, 3.63) is 120 Å². The molecule has 0 unspecified atom stereocenters. The molecule has 2 amide bonds. The summed E-state index contributed by atoms with van der Waals surface area (Å²) in [6, 6.07) is 18.5. The number of amides is 2. The molecule has 2 aromatic rings. The van der Waals surface area contributed by atoms with Crippen molar-refractivity contribution in [1.29, 1.82) is 0 Å². The van der Waals surface area contributed by atoms with E-state index < -0.39 is 5.97 Å². The van der Waals surface area contributed by atoms with Crippen molar-refractivity contribution in [2.75, 3.05) is 144 Å². The van der Waals surface area contributed by atoms with Crippen molar-refractivity contribution in [1.82, 2.24) is 20.0 Å². The second-order valence-electron chi connectivity index (χ2n) is 22.4. The van der Waals surface area contributed by atoms with E-state index in [0.29, 0.717) is 39.4 Å². The zero-order valence-corrected chi connectivity index (χ0v) is 74.2. The number of carbonyl (C=O) groups is 3. The third-order valence-corrected chi connectivity index (χ3v) is 10.5. The number of allylic oxidation sites excluding steroid dienone is 6. The van der Waals surface area contributed by atoms with Gasteiger partial charge < -0.3 is 65.0 Å². The van der Waals surface area contributed by atoms with E-state index in [4.69, 9.17) is 26.7 Å². The highest BCUT2D eigenvalue weighted by molar-refractivity contribution is 5.75. The summed E-state index contributed by atoms with van der Waals surface area (Å²) in [5, 5.41) is 10.5. The van der Waals surface area contributed by atoms with Gasteiger partial charge in [0.25, 0.3) is 0 Å². The highest BCUT2D eigenvalue weighted by Crippen LogP contribution is 2.01. The Bertz CT molecular complexity index is 1690. The average molecular weight is 1470 g/mol. The van der Waals surface area contributed by atoms with Crippen LogP contribution in [0.15, 0.2) is 103 Å². The van der Waals surface area contributed by atoms with Gasteiger partial charge in [-0.2, -0.15) is 0 Å². The molecule has 16 heteroatoms. The Morgan fingerprint density at radius 2 is 0.854 bits per heavy atom. The summed E-state index contributed by atoms with van der Waals surface area (Å²) in [4.78, 5) is 35.4. The summed E-state index contributed by atoms with van der Waals surface area (Å²) in [6.45, 7) is 57.2. The molecule has 0 fully saturated rings. The molecule has 6 N–H and O–H groups in total. The molecule has 0 aliphatic carbocycles. The van der Waals surface area contributed by atoms with E-state index >= 15 is 0 Å². The molecular formula is C87H184N6O10. The largest absolute Gasteiger partial charge is 0.481 e. The molecule has 2 aromatic carbocycles. The number of nitrogens with two attached hydrogens (primary N) is 2. The lowest BCUT2D eigenvalue weighted by Gasteiger charge is -2.13. The fourth-order valence-electron chi connectivity index (χ4n) is 4.57. The van der Waals surface area contributed by atoms with E-state index in [-0.39, 0.29) is 25.7 Å². The predicted molar refractivity (Wildman–Crippen MR) is 466 cm³/mol. The Labute approximate surface area is 646 Å². The Morgan fingerprint density at radius 1 is 0.534 bits per heavy atom. The summed E-state index contributed by atoms with van der Waals surface area (Å²) in [6.07, 6.45) is 36.3. The molecule has 0 saturated heterocycles. The summed E-state index contributed by atoms with van der Waals surface area (Å²) in [5.41, 5.74) is 15.0. The summed E-state index contributed by atoms with van der Waals surface area (Å²) < 4.78 is 28.1. The van der Waals surface area contributed by atoms with Crippen LogP contribution in [0.25, 0.3) is 0 Å². The quantitative estimate of drug-likeness (QED) is 0.0285. The molecule has 0 saturated carbocycles. The molecule has 0 atom stereocenters. The molecule has 0 aromatic heterocycles. The molecule has 622 valence electrons. The molecule has 0 spiro atoms. The van der Waals surface area contributed by atoms with Gasteiger partial charge in [0.2, 0.25) is 11.8 Å². The zero-order chi connectivity index (χ0) is 83.1. The number of ether oxygens (including phenoxy) is 6. The third-order valence-electron chi connectivity index (χ3n) is 10.5. The number of hydrogen-bond donors (Lipinski definition) is 4. The molecular weight excluding hydrogens is 1290 g/mol. The first-order valence-corrected chi connectivity index (χ1v) is 37.6. The molecule has 0 aliphatic rings. The van der Waals surface area contributed by atoms with Crippen LogP contribution < -0.4 is 16.8 Å². The van der Waals surface area contributed by atoms with Crippen LogP contribution >= 0.6 is 0 Å². The number of unbranched alkanes of at least 4 members (excludes halogenated alkanes) is 9. The van der Waals surface area contributed by atoms with Gasteiger partial charge >= 0.3 is 5.97 Å². The normalized spacial score (nSPS) is 8.70. The van der Waals surface area contributed by atoms with Gasteiger partial charge in [-0.05, 0) is 142 Å². The standard InChI is InChI=1S/C8H11N.C7H8.C7H16.C6H15N.C6H14O.C6H14.C6H10.C5H11NO.C5H10O.C4H10O2.3C4H8.C3H7NO.C3H9N.C3H8O2.C3H6O2.C2H7N.CH4/c1-7-2-4-8(6-9)5-3-7;1-7-5-3-2-4-6-7;1-3-5-7-6-4-2;1-4-7(5-2)6-3;1-3-5-7-6-4-2;2*1-3-5-6-4-2;1-4-5(7)6(2)3;1-3-4-5-6-2;1-5-3-4-6-2;1-4(2)3;2*1-3-4-2;1-2-3(4)5;1-4(2)3;1-4-3-5-2;1-2-3(4)5;1-3-2;/h2-5H,6,9H2,1H3;2-6H,1H3;3-7H2,1-2H3;4-6H2,1-3H3;3-6H2,1-2H3;3-6H2,1-2H3;1H,4-6H2,2H3;4H2,1-3H3;3-4H,5H2,1-2H3;3-4H2,1-2H3;1H2,2-3H3;2*3-4H,1-2H3;2H2,1H3,(H2,4,5);1-3H3;3H2,1-2H3;2H2,1H3,(H,4,5);3H,1-2H3;1H4/b;;;;;;;;4-3+;;;2*4-3+;;;;;;. The number of aliphatic carboxylic acids is 1. The van der Waals surface area contributed by atoms with Gasteiger partial charge in [-0.3, -0.25) is 14.4 Å². The van der Waals surface area contributed by atoms with Gasteiger partial charge in [0.1, 0.15) is 6.79 Å². The third kappa shape index (κ3) is 289. The van der Waals surface area contributed by atoms with Crippen LogP contribution in [0.4, 0.5) is 0 Å². The number of hydrogen-bond acceptors (Lipinski definition) is 13. The van der Waals surface area contributed by atoms with Crippen molar-refractivity contribution < 1.29 is 47.9 Å². The van der Waals surface area contributed by atoms with E-state index in [9.17, 15) is 14.4 Å². The number of terminal acetylenes is 1. The van der Waals surface area contributed by atoms with Crippen LogP contribution in [0.2, 0.25) is 0 Å². The number of primary amides is 1. The summed E-state index contributed by atoms with van der Waals surface area (Å²) in [7, 11) is 21.4. The van der Waals surface area contributed by atoms with Crippen molar-refractivity contribution in [2.45, 2.75) is 275 Å². The number of nitrogens with one attached hydrogen (secondary N) is 1. The van der Waals surface area contributed by atoms with E-state index in [1.54, 1.807) is 68.4 Å². The maximum atomic E-state index is 10.4. The lowest BCUT2D eigenvalue weighted by molar-refractivity contribution is -0.136. The Balaban J connectivity index is -0.0000000509. The van der Waals surface area contributed by atoms with Crippen molar-refractivity contribution in [2.24, 2.45) is 11.5 Å². The number of carboxylic acid groups (broad SMARTS) is 1. The molecule has 0 radical (unpaired) electrons. The minimum absolute atomic E-state index is 0. The lowest BCUT2D eigenvalue weighted by atomic mass is 10.2. The first-order chi connectivity index (χ1) is 48.4. The van der Waals surface area contributed by atoms with E-state index in [1.807, 2.05) is 150 Å². The van der Waals surface area contributed by atoms with Gasteiger partial charge in [0.05, 0.1) is 19.8 Å². The summed E-state index contributed by atoms with van der Waals surface area (Å²) in [5.74, 6) is 1.76. The van der Waals surface area contributed by atoms with Gasteiger partial charge in [0.15, 0.2) is 0 Å². The van der Waals surface area contributed by atoms with Crippen LogP contribution in [0, 0.1) is 26.2 Å². The minimum Gasteiger partial charge on any atom is -0.481 e. The van der Waals surface area contributed by atoms with Gasteiger partial charge in [0, 0.05) is 95.1 Å². The SMILES string of the molecule is C.C#CCCCC.C/C=C/C.C/C=C/C.C/C=C/COC.C=C(C)C.CCC(=O)N(C)C.CCC(=O)O.CCC(N)=O.CCCCCC.CCCCCCC.CCCOCCC.CCN(CC)CC.CN(C)C.CNC.COCCOC.COCOC.Cc1ccc(CN)cc1.Cc1ccccc1. The van der Waals surface area contributed by atoms with Gasteiger partial charge in [-0.1, -0.05) is 269 Å². The second kappa shape index (κ2) is 159. The lowest BCUT2D eigenvalue weighted by Crippen LogP contribution is -2.21. The van der Waals surface area contributed by atoms with Crippen LogP contribution in [-0.2, 0) is 49.3 Å². The first kappa shape index (κ1) is 141. The fourth-order valence-corrected chi connectivity index (χ4v) is 4.57. The van der Waals surface area contributed by atoms with Crippen molar-refractivity contribution >= 4 is 17.8 Å². The highest BCUT2D eigenvalue weighted by atomic mass is 16.6. The topological polar surface area (TPSA) is 201 Å². The van der Waals surface area contributed by atoms with Gasteiger partial charge in [-0.15, -0.1) is 18.9 Å². The predicted octanol–water partition coefficient (Wildman–Crippen LogP) is 22.0. The van der Waals surface area contributed by atoms with Crippen LogP contribution in [0.1, 0.15) is 272 Å². The van der Waals surface area contributed by atoms with E-state index in [0.717, 1.165) is 39.1 Å². The zero-order valence-electron chi connectivity index (χ0n) is 74.2. The van der Waals surface area contributed by atoms with Crippen LogP contribution in [0.3, 0.4) is 0 Å². The maximum Gasteiger partial charge on any atom is 0.303 e. The fraction of sp³-hybridized carbons (Fsp3) is 0.713. The highest BCUT2D eigenvalue weighted by Gasteiger charge is 1.95. The number of aryl methyl sites for hydroxylation is 2. The average Bonchev–Trinajstić information content (AvgIpc) is 0.970. The molecule has 2 rings (SSSR count).